The van der Waals surface area contributed by atoms with Crippen molar-refractivity contribution in [1.29, 1.82) is 0 Å². The molecule has 0 atom stereocenters. The zero-order valence-corrected chi connectivity index (χ0v) is 23.0. The topological polar surface area (TPSA) is 89.4 Å². The van der Waals surface area contributed by atoms with Crippen LogP contribution in [0.25, 0.3) is 22.5 Å². The second-order valence-corrected chi connectivity index (χ2v) is 10.1. The van der Waals surface area contributed by atoms with E-state index in [1.54, 1.807) is 36.4 Å². The molecule has 0 aliphatic heterocycles. The van der Waals surface area contributed by atoms with Crippen LogP contribution in [0, 0.1) is 0 Å². The molecule has 0 unspecified atom stereocenters. The first kappa shape index (κ1) is 33.7. The molecule has 2 aromatic heterocycles. The molecule has 0 aliphatic rings. The molecule has 206 valence electrons. The van der Waals surface area contributed by atoms with Crippen LogP contribution in [0.2, 0.25) is 20.1 Å². The maximum Gasteiger partial charge on any atom is 0.155 e. The van der Waals surface area contributed by atoms with Crippen molar-refractivity contribution in [2.45, 2.75) is 61.0 Å². The smallest absolute Gasteiger partial charge is 0.155 e. The molecule has 2 heterocycles. The van der Waals surface area contributed by atoms with Crippen molar-refractivity contribution in [1.82, 2.24) is 10.3 Å². The molecule has 0 bridgehead atoms. The number of hydrogen-bond acceptors (Lipinski definition) is 6. The van der Waals surface area contributed by atoms with Gasteiger partial charge in [-0.1, -0.05) is 111 Å². The number of nitrogens with zero attached hydrogens (tertiary/aromatic N) is 2. The van der Waals surface area contributed by atoms with Crippen LogP contribution >= 0.6 is 46.4 Å². The number of aromatic nitrogens is 2. The maximum absolute atomic E-state index is 11.2. The molecule has 0 amide bonds. The molecule has 6 nitrogen and oxygen atoms in total. The maximum atomic E-state index is 11.2. The number of benzene rings is 2. The molecule has 1 N–H and O–H groups in total. The number of rotatable bonds is 6. The van der Waals surface area contributed by atoms with E-state index in [0.717, 1.165) is 6.29 Å². The third kappa shape index (κ3) is 6.99. The first-order valence-electron chi connectivity index (χ1n) is 11.0. The van der Waals surface area contributed by atoms with Gasteiger partial charge in [0.15, 0.2) is 6.29 Å². The molecule has 38 heavy (non-hydrogen) atoms. The van der Waals surface area contributed by atoms with Crippen LogP contribution in [-0.4, -0.2) is 21.7 Å². The van der Waals surface area contributed by atoms with E-state index < -0.39 is 0 Å². The van der Waals surface area contributed by atoms with Gasteiger partial charge >= 0.3 is 0 Å². The van der Waals surface area contributed by atoms with Gasteiger partial charge in [-0.05, 0) is 24.3 Å². The summed E-state index contributed by atoms with van der Waals surface area (Å²) in [6.07, 6.45) is 0.723. The zero-order chi connectivity index (χ0) is 26.6. The molecular formula is C28H32Cl4N2O4. The largest absolute Gasteiger partial charge is 0.391 e. The van der Waals surface area contributed by atoms with Gasteiger partial charge in [0.25, 0.3) is 0 Å². The monoisotopic (exact) mass is 600 g/mol. The Labute approximate surface area is 243 Å². The molecule has 0 saturated carbocycles. The van der Waals surface area contributed by atoms with E-state index in [4.69, 9.17) is 55.4 Å². The highest BCUT2D eigenvalue weighted by Crippen LogP contribution is 2.39. The van der Waals surface area contributed by atoms with Gasteiger partial charge in [-0.25, -0.2) is 0 Å². The molecule has 2 aromatic carbocycles. The van der Waals surface area contributed by atoms with Crippen LogP contribution in [0.5, 0.6) is 0 Å². The Hall–Kier alpha value is -2.35. The Morgan fingerprint density at radius 3 is 1.55 bits per heavy atom. The number of halogens is 4. The van der Waals surface area contributed by atoms with E-state index >= 15 is 0 Å². The first-order valence-corrected chi connectivity index (χ1v) is 12.6. The summed E-state index contributed by atoms with van der Waals surface area (Å²) in [4.78, 5) is 11.2. The molecule has 0 aliphatic carbocycles. The number of aliphatic hydroxyl groups is 1. The van der Waals surface area contributed by atoms with Crippen LogP contribution in [0.3, 0.4) is 0 Å². The van der Waals surface area contributed by atoms with Crippen molar-refractivity contribution in [3.8, 4) is 22.5 Å². The Kier molecular flexibility index (Phi) is 13.0. The highest BCUT2D eigenvalue weighted by molar-refractivity contribution is 6.39. The predicted octanol–water partition coefficient (Wildman–Crippen LogP) is 10.1. The van der Waals surface area contributed by atoms with Gasteiger partial charge in [-0.2, -0.15) is 0 Å². The summed E-state index contributed by atoms with van der Waals surface area (Å²) in [6, 6.07) is 10.3. The van der Waals surface area contributed by atoms with Crippen molar-refractivity contribution < 1.29 is 18.9 Å². The van der Waals surface area contributed by atoms with Crippen LogP contribution in [-0.2, 0) is 6.61 Å². The summed E-state index contributed by atoms with van der Waals surface area (Å²) >= 11 is 24.5. The first-order chi connectivity index (χ1) is 17.1. The van der Waals surface area contributed by atoms with Gasteiger partial charge in [0.1, 0.15) is 22.9 Å². The normalized spacial score (nSPS) is 10.5. The van der Waals surface area contributed by atoms with E-state index in [-0.39, 0.29) is 33.3 Å². The van der Waals surface area contributed by atoms with Gasteiger partial charge < -0.3 is 14.2 Å². The lowest BCUT2D eigenvalue weighted by atomic mass is 10.0. The second-order valence-electron chi connectivity index (χ2n) is 8.46. The molecular weight excluding hydrogens is 570 g/mol. The lowest BCUT2D eigenvalue weighted by Crippen LogP contribution is -1.94. The van der Waals surface area contributed by atoms with Crippen LogP contribution in [0.1, 0.15) is 81.8 Å². The molecule has 0 spiro atoms. The number of hydrogen-bond donors (Lipinski definition) is 1. The van der Waals surface area contributed by atoms with Crippen molar-refractivity contribution in [3.63, 3.8) is 0 Å². The van der Waals surface area contributed by atoms with Crippen molar-refractivity contribution >= 4 is 52.7 Å². The van der Waals surface area contributed by atoms with Crippen molar-refractivity contribution in [2.24, 2.45) is 0 Å². The summed E-state index contributed by atoms with van der Waals surface area (Å²) in [6.45, 7) is 7.63. The minimum atomic E-state index is -0.159. The molecule has 4 rings (SSSR count). The minimum Gasteiger partial charge on any atom is -0.391 e. The quantitative estimate of drug-likeness (QED) is 0.221. The minimum absolute atomic E-state index is 0. The predicted molar refractivity (Wildman–Crippen MR) is 157 cm³/mol. The third-order valence-corrected chi connectivity index (χ3v) is 6.56. The zero-order valence-electron chi connectivity index (χ0n) is 20.0. The van der Waals surface area contributed by atoms with Gasteiger partial charge in [-0.3, -0.25) is 4.79 Å². The Bertz CT molecular complexity index is 1320. The highest BCUT2D eigenvalue weighted by atomic mass is 35.5. The van der Waals surface area contributed by atoms with Gasteiger partial charge in [0.2, 0.25) is 0 Å². The SMILES string of the molecule is C.C.CC(C)c1onc(-c2c(Cl)cccc2Cl)c1C=O.CC(C)c1onc(-c2c(Cl)cccc2Cl)c1CO. The Morgan fingerprint density at radius 1 is 0.763 bits per heavy atom. The summed E-state index contributed by atoms with van der Waals surface area (Å²) in [5.41, 5.74) is 3.07. The Balaban J connectivity index is 0.000000361. The summed E-state index contributed by atoms with van der Waals surface area (Å²) in [5.74, 6) is 1.39. The van der Waals surface area contributed by atoms with E-state index in [1.807, 2.05) is 27.7 Å². The molecule has 10 heteroatoms. The third-order valence-electron chi connectivity index (χ3n) is 5.30. The fourth-order valence-corrected chi connectivity index (χ4v) is 4.75. The summed E-state index contributed by atoms with van der Waals surface area (Å²) in [7, 11) is 0. The van der Waals surface area contributed by atoms with E-state index in [0.29, 0.717) is 65.3 Å². The lowest BCUT2D eigenvalue weighted by molar-refractivity contribution is 0.112. The highest BCUT2D eigenvalue weighted by Gasteiger charge is 2.23. The molecule has 0 fully saturated rings. The van der Waals surface area contributed by atoms with Crippen LogP contribution in [0.15, 0.2) is 45.4 Å². The number of aliphatic hydroxyl groups excluding tert-OH is 1. The number of carbonyl (C=O) groups is 1. The fourth-order valence-electron chi connectivity index (χ4n) is 3.59. The van der Waals surface area contributed by atoms with Gasteiger partial charge in [0.05, 0.1) is 32.3 Å². The van der Waals surface area contributed by atoms with E-state index in [2.05, 4.69) is 10.3 Å². The van der Waals surface area contributed by atoms with E-state index in [9.17, 15) is 9.90 Å². The number of carbonyl (C=O) groups excluding carboxylic acids is 1. The number of aldehydes is 1. The average Bonchev–Trinajstić information content (AvgIpc) is 3.44. The van der Waals surface area contributed by atoms with Crippen LogP contribution < -0.4 is 0 Å². The summed E-state index contributed by atoms with van der Waals surface area (Å²) in [5, 5.41) is 19.3. The van der Waals surface area contributed by atoms with Crippen LogP contribution in [0.4, 0.5) is 0 Å². The van der Waals surface area contributed by atoms with Gasteiger partial charge in [-0.15, -0.1) is 0 Å². The van der Waals surface area contributed by atoms with E-state index in [1.165, 1.54) is 0 Å². The standard InChI is InChI=1S/C13H13Cl2NO2.C13H11Cl2NO2.2CH4/c2*1-7(2)13-8(6-17)12(16-18-13)11-9(14)4-3-5-10(11)15;;/h3-5,7,17H,6H2,1-2H3;3-7H,1-2H3;2*1H4. The molecule has 0 saturated heterocycles. The molecule has 0 radical (unpaired) electrons. The lowest BCUT2D eigenvalue weighted by Gasteiger charge is -2.06. The van der Waals surface area contributed by atoms with Crippen molar-refractivity contribution in [3.05, 3.63) is 79.1 Å². The fraction of sp³-hybridized carbons (Fsp3) is 0.321. The van der Waals surface area contributed by atoms with Gasteiger partial charge in [0, 0.05) is 28.5 Å². The second kappa shape index (κ2) is 14.7. The Morgan fingerprint density at radius 2 is 1.16 bits per heavy atom. The summed E-state index contributed by atoms with van der Waals surface area (Å²) < 4.78 is 10.5. The van der Waals surface area contributed by atoms with Crippen molar-refractivity contribution in [2.75, 3.05) is 0 Å². The molecule has 4 aromatic rings. The average molecular weight is 602 g/mol.